The van der Waals surface area contributed by atoms with Gasteiger partial charge in [-0.2, -0.15) is 0 Å². The molecule has 0 amide bonds. The number of fused-ring (bicyclic) bond motifs is 2. The molecule has 2 atom stereocenters. The molecule has 0 bridgehead atoms. The highest BCUT2D eigenvalue weighted by Gasteiger charge is 2.44. The van der Waals surface area contributed by atoms with Gasteiger partial charge in [-0.15, -0.1) is 0 Å². The Balaban J connectivity index is 1.46. The first-order valence-corrected chi connectivity index (χ1v) is 15.2. The van der Waals surface area contributed by atoms with Crippen LogP contribution in [-0.4, -0.2) is 68.1 Å². The molecule has 164 valence electrons. The van der Waals surface area contributed by atoms with Gasteiger partial charge in [-0.3, -0.25) is 0 Å². The van der Waals surface area contributed by atoms with E-state index in [2.05, 4.69) is 40.6 Å². The maximum Gasteiger partial charge on any atom is 0.147 e. The van der Waals surface area contributed by atoms with Gasteiger partial charge in [-0.25, -0.2) is 9.97 Å². The molecule has 1 N–H and O–H groups in total. The van der Waals surface area contributed by atoms with E-state index in [9.17, 15) is 0 Å². The van der Waals surface area contributed by atoms with Gasteiger partial charge < -0.3 is 24.3 Å². The lowest BCUT2D eigenvalue weighted by Gasteiger charge is -2.45. The standard InChI is InChI=1S/C22H35N5O2Si/c1-30(2,3)9-8-29-15-26-13-18(16-4-6-28-7-5-16)20-21(26)24-14-25-22(20)27-12-17-10-23-11-19(17)27/h13-14,16-17,19,23H,4-12,15H2,1-3H3/t17-,19-/m0/s1. The number of anilines is 1. The molecule has 0 unspecified atom stereocenters. The molecule has 0 radical (unpaired) electrons. The van der Waals surface area contributed by atoms with Crippen molar-refractivity contribution in [3.8, 4) is 0 Å². The van der Waals surface area contributed by atoms with Crippen LogP contribution in [0.4, 0.5) is 5.82 Å². The van der Waals surface area contributed by atoms with Crippen LogP contribution < -0.4 is 10.2 Å². The molecule has 3 fully saturated rings. The fourth-order valence-electron chi connectivity index (χ4n) is 5.08. The highest BCUT2D eigenvalue weighted by atomic mass is 28.3. The summed E-state index contributed by atoms with van der Waals surface area (Å²) in [6, 6.07) is 1.75. The van der Waals surface area contributed by atoms with Gasteiger partial charge in [0.15, 0.2) is 0 Å². The SMILES string of the molecule is C[Si](C)(C)CCOCn1cc(C2CCOCC2)c2c(N3C[C@@H]4CNC[C@@H]43)ncnc21. The number of hydrogen-bond acceptors (Lipinski definition) is 6. The molecule has 3 saturated heterocycles. The van der Waals surface area contributed by atoms with Crippen molar-refractivity contribution in [3.63, 3.8) is 0 Å². The van der Waals surface area contributed by atoms with Crippen LogP contribution in [0.25, 0.3) is 11.0 Å². The van der Waals surface area contributed by atoms with Crippen LogP contribution in [0.2, 0.25) is 25.7 Å². The molecule has 0 spiro atoms. The Morgan fingerprint density at radius 1 is 1.20 bits per heavy atom. The lowest BCUT2D eigenvalue weighted by Crippen LogP contribution is -2.56. The minimum Gasteiger partial charge on any atom is -0.381 e. The summed E-state index contributed by atoms with van der Waals surface area (Å²) in [4.78, 5) is 12.0. The summed E-state index contributed by atoms with van der Waals surface area (Å²) in [5.74, 6) is 2.38. The molecule has 0 saturated carbocycles. The average Bonchev–Trinajstić information content (AvgIpc) is 3.27. The lowest BCUT2D eigenvalue weighted by molar-refractivity contribution is 0.0840. The van der Waals surface area contributed by atoms with Crippen molar-refractivity contribution in [2.45, 2.75) is 57.2 Å². The minimum absolute atomic E-state index is 0.507. The fraction of sp³-hybridized carbons (Fsp3) is 0.727. The van der Waals surface area contributed by atoms with E-state index in [1.54, 1.807) is 6.33 Å². The third-order valence-electron chi connectivity index (χ3n) is 6.96. The molecule has 0 aromatic carbocycles. The van der Waals surface area contributed by atoms with E-state index >= 15 is 0 Å². The van der Waals surface area contributed by atoms with Gasteiger partial charge in [0.25, 0.3) is 0 Å². The molecule has 0 aliphatic carbocycles. The number of ether oxygens (including phenoxy) is 2. The van der Waals surface area contributed by atoms with Gasteiger partial charge in [-0.05, 0) is 30.4 Å². The summed E-state index contributed by atoms with van der Waals surface area (Å²) in [7, 11) is -1.09. The molecule has 5 rings (SSSR count). The lowest BCUT2D eigenvalue weighted by atomic mass is 9.89. The normalized spacial score (nSPS) is 25.0. The first-order valence-electron chi connectivity index (χ1n) is 11.5. The summed E-state index contributed by atoms with van der Waals surface area (Å²) in [5.41, 5.74) is 2.40. The van der Waals surface area contributed by atoms with Gasteiger partial charge in [0.1, 0.15) is 24.5 Å². The Hall–Kier alpha value is -1.48. The van der Waals surface area contributed by atoms with Crippen LogP contribution in [0, 0.1) is 5.92 Å². The zero-order chi connectivity index (χ0) is 20.7. The van der Waals surface area contributed by atoms with Gasteiger partial charge in [0.2, 0.25) is 0 Å². The summed E-state index contributed by atoms with van der Waals surface area (Å²) in [6.07, 6.45) is 6.16. The highest BCUT2D eigenvalue weighted by molar-refractivity contribution is 6.76. The van der Waals surface area contributed by atoms with E-state index in [0.717, 1.165) is 69.7 Å². The Morgan fingerprint density at radius 3 is 2.80 bits per heavy atom. The van der Waals surface area contributed by atoms with Gasteiger partial charge in [-0.1, -0.05) is 19.6 Å². The Labute approximate surface area is 180 Å². The number of aromatic nitrogens is 3. The van der Waals surface area contributed by atoms with Crippen LogP contribution in [0.15, 0.2) is 12.5 Å². The third kappa shape index (κ3) is 3.90. The number of rotatable bonds is 7. The van der Waals surface area contributed by atoms with Crippen molar-refractivity contribution in [2.75, 3.05) is 44.4 Å². The fourth-order valence-corrected chi connectivity index (χ4v) is 5.83. The summed E-state index contributed by atoms with van der Waals surface area (Å²) in [6.45, 7) is 13.5. The first-order chi connectivity index (χ1) is 14.5. The van der Waals surface area contributed by atoms with E-state index in [4.69, 9.17) is 19.4 Å². The van der Waals surface area contributed by atoms with Crippen molar-refractivity contribution < 1.29 is 9.47 Å². The van der Waals surface area contributed by atoms with Crippen LogP contribution in [-0.2, 0) is 16.2 Å². The highest BCUT2D eigenvalue weighted by Crippen LogP contribution is 2.41. The van der Waals surface area contributed by atoms with Crippen molar-refractivity contribution in [3.05, 3.63) is 18.1 Å². The van der Waals surface area contributed by atoms with Crippen LogP contribution in [0.1, 0.15) is 24.3 Å². The van der Waals surface area contributed by atoms with Crippen LogP contribution >= 0.6 is 0 Å². The van der Waals surface area contributed by atoms with E-state index in [-0.39, 0.29) is 0 Å². The Bertz CT molecular complexity index is 890. The van der Waals surface area contributed by atoms with Crippen molar-refractivity contribution in [2.24, 2.45) is 5.92 Å². The van der Waals surface area contributed by atoms with Crippen LogP contribution in [0.5, 0.6) is 0 Å². The van der Waals surface area contributed by atoms with Crippen molar-refractivity contribution in [1.82, 2.24) is 19.9 Å². The Kier molecular flexibility index (Phi) is 5.60. The van der Waals surface area contributed by atoms with Crippen molar-refractivity contribution in [1.29, 1.82) is 0 Å². The zero-order valence-corrected chi connectivity index (χ0v) is 19.6. The minimum atomic E-state index is -1.09. The van der Waals surface area contributed by atoms with Gasteiger partial charge in [0, 0.05) is 65.7 Å². The molecule has 2 aromatic heterocycles. The summed E-state index contributed by atoms with van der Waals surface area (Å²) >= 11 is 0. The van der Waals surface area contributed by atoms with Crippen molar-refractivity contribution >= 4 is 24.9 Å². The molecule has 3 aliphatic heterocycles. The first kappa shape index (κ1) is 20.4. The monoisotopic (exact) mass is 429 g/mol. The molecule has 30 heavy (non-hydrogen) atoms. The number of nitrogens with one attached hydrogen (secondary N) is 1. The summed E-state index contributed by atoms with van der Waals surface area (Å²) < 4.78 is 14.0. The molecular formula is C22H35N5O2Si. The second-order valence-electron chi connectivity index (χ2n) is 10.3. The number of nitrogens with zero attached hydrogens (tertiary/aromatic N) is 4. The third-order valence-corrected chi connectivity index (χ3v) is 8.66. The van der Waals surface area contributed by atoms with E-state index in [1.165, 1.54) is 17.0 Å². The topological polar surface area (TPSA) is 64.4 Å². The maximum absolute atomic E-state index is 6.10. The molecule has 2 aromatic rings. The van der Waals surface area contributed by atoms with Gasteiger partial charge >= 0.3 is 0 Å². The van der Waals surface area contributed by atoms with E-state index in [1.807, 2.05) is 0 Å². The van der Waals surface area contributed by atoms with Crippen LogP contribution in [0.3, 0.4) is 0 Å². The molecule has 8 heteroatoms. The Morgan fingerprint density at radius 2 is 2.03 bits per heavy atom. The largest absolute Gasteiger partial charge is 0.381 e. The smallest absolute Gasteiger partial charge is 0.147 e. The second-order valence-corrected chi connectivity index (χ2v) is 15.9. The average molecular weight is 430 g/mol. The van der Waals surface area contributed by atoms with E-state index < -0.39 is 8.07 Å². The predicted octanol–water partition coefficient (Wildman–Crippen LogP) is 3.05. The van der Waals surface area contributed by atoms with E-state index in [0.29, 0.717) is 18.7 Å². The molecule has 5 heterocycles. The maximum atomic E-state index is 6.10. The zero-order valence-electron chi connectivity index (χ0n) is 18.6. The summed E-state index contributed by atoms with van der Waals surface area (Å²) in [5, 5.41) is 4.78. The quantitative estimate of drug-likeness (QED) is 0.539. The van der Waals surface area contributed by atoms with Gasteiger partial charge in [0.05, 0.1) is 5.39 Å². The molecule has 3 aliphatic rings. The molecule has 7 nitrogen and oxygen atoms in total. The predicted molar refractivity (Wildman–Crippen MR) is 122 cm³/mol. The number of hydrogen-bond donors (Lipinski definition) is 1. The molecular weight excluding hydrogens is 394 g/mol. The second kappa shape index (κ2) is 8.22.